The van der Waals surface area contributed by atoms with Gasteiger partial charge in [-0.2, -0.15) is 0 Å². The van der Waals surface area contributed by atoms with Crippen molar-refractivity contribution >= 4 is 0 Å². The number of hydrogen-bond acceptors (Lipinski definition) is 2. The molecular formula is C18H34N2. The van der Waals surface area contributed by atoms with Crippen molar-refractivity contribution in [1.29, 1.82) is 0 Å². The Morgan fingerprint density at radius 1 is 1.05 bits per heavy atom. The average molecular weight is 278 g/mol. The Morgan fingerprint density at radius 3 is 2.50 bits per heavy atom. The summed E-state index contributed by atoms with van der Waals surface area (Å²) in [4.78, 5) is 2.88. The van der Waals surface area contributed by atoms with Crippen molar-refractivity contribution in [3.8, 4) is 0 Å². The zero-order valence-electron chi connectivity index (χ0n) is 13.5. The lowest BCUT2D eigenvalue weighted by Crippen LogP contribution is -2.52. The van der Waals surface area contributed by atoms with E-state index in [1.54, 1.807) is 0 Å². The predicted molar refractivity (Wildman–Crippen MR) is 86.0 cm³/mol. The van der Waals surface area contributed by atoms with E-state index in [-0.39, 0.29) is 0 Å². The topological polar surface area (TPSA) is 15.3 Å². The van der Waals surface area contributed by atoms with Crippen molar-refractivity contribution in [3.05, 3.63) is 0 Å². The van der Waals surface area contributed by atoms with E-state index in [1.807, 2.05) is 0 Å². The second-order valence-corrected chi connectivity index (χ2v) is 7.70. The fourth-order valence-electron chi connectivity index (χ4n) is 5.06. The fourth-order valence-corrected chi connectivity index (χ4v) is 5.06. The van der Waals surface area contributed by atoms with Gasteiger partial charge in [-0.3, -0.25) is 4.90 Å². The van der Waals surface area contributed by atoms with E-state index in [1.165, 1.54) is 90.3 Å². The molecule has 2 aliphatic carbocycles. The molecule has 1 spiro atoms. The zero-order chi connectivity index (χ0) is 13.8. The molecule has 0 amide bonds. The molecule has 116 valence electrons. The molecule has 1 N–H and O–H groups in total. The average Bonchev–Trinajstić information content (AvgIpc) is 2.81. The lowest BCUT2D eigenvalue weighted by Gasteiger charge is -2.40. The van der Waals surface area contributed by atoms with Gasteiger partial charge in [-0.05, 0) is 64.0 Å². The SMILES string of the molecule is CCCC1CCC(N2CCCNC3(CCCC3)C2)CC1. The summed E-state index contributed by atoms with van der Waals surface area (Å²) in [6.45, 7) is 6.28. The highest BCUT2D eigenvalue weighted by Crippen LogP contribution is 2.35. The van der Waals surface area contributed by atoms with Gasteiger partial charge in [0.25, 0.3) is 0 Å². The van der Waals surface area contributed by atoms with Crippen molar-refractivity contribution in [2.45, 2.75) is 89.1 Å². The molecule has 3 fully saturated rings. The summed E-state index contributed by atoms with van der Waals surface area (Å²) in [6, 6.07) is 0.903. The van der Waals surface area contributed by atoms with Crippen molar-refractivity contribution < 1.29 is 0 Å². The summed E-state index contributed by atoms with van der Waals surface area (Å²) in [7, 11) is 0. The van der Waals surface area contributed by atoms with Gasteiger partial charge in [0.05, 0.1) is 0 Å². The molecule has 1 saturated heterocycles. The Balaban J connectivity index is 1.56. The van der Waals surface area contributed by atoms with Crippen LogP contribution in [0.5, 0.6) is 0 Å². The Morgan fingerprint density at radius 2 is 1.80 bits per heavy atom. The molecule has 2 heteroatoms. The van der Waals surface area contributed by atoms with Gasteiger partial charge in [0, 0.05) is 18.1 Å². The van der Waals surface area contributed by atoms with Crippen molar-refractivity contribution in [3.63, 3.8) is 0 Å². The van der Waals surface area contributed by atoms with Gasteiger partial charge in [0.15, 0.2) is 0 Å². The third-order valence-electron chi connectivity index (χ3n) is 6.22. The van der Waals surface area contributed by atoms with Crippen LogP contribution >= 0.6 is 0 Å². The molecule has 1 heterocycles. The highest BCUT2D eigenvalue weighted by Gasteiger charge is 2.38. The van der Waals surface area contributed by atoms with Crippen LogP contribution in [0.3, 0.4) is 0 Å². The summed E-state index contributed by atoms with van der Waals surface area (Å²) in [5, 5.41) is 3.91. The lowest BCUT2D eigenvalue weighted by molar-refractivity contribution is 0.110. The fraction of sp³-hybridized carbons (Fsp3) is 1.00. The highest BCUT2D eigenvalue weighted by atomic mass is 15.2. The van der Waals surface area contributed by atoms with Crippen LogP contribution in [0.15, 0.2) is 0 Å². The standard InChI is InChI=1S/C18H34N2/c1-2-6-16-7-9-17(10-8-16)20-14-5-13-19-18(15-20)11-3-4-12-18/h16-17,19H,2-15H2,1H3. The summed E-state index contributed by atoms with van der Waals surface area (Å²) in [5.74, 6) is 1.04. The summed E-state index contributed by atoms with van der Waals surface area (Å²) >= 11 is 0. The number of nitrogens with zero attached hydrogens (tertiary/aromatic N) is 1. The predicted octanol–water partition coefficient (Wildman–Crippen LogP) is 3.95. The first-order chi connectivity index (χ1) is 9.81. The molecule has 0 aromatic carbocycles. The first-order valence-electron chi connectivity index (χ1n) is 9.30. The van der Waals surface area contributed by atoms with Crippen molar-refractivity contribution in [1.82, 2.24) is 10.2 Å². The van der Waals surface area contributed by atoms with Gasteiger partial charge in [-0.25, -0.2) is 0 Å². The molecule has 3 aliphatic rings. The number of rotatable bonds is 3. The molecule has 3 rings (SSSR count). The molecule has 0 unspecified atom stereocenters. The maximum absolute atomic E-state index is 3.91. The minimum atomic E-state index is 0.497. The van der Waals surface area contributed by atoms with Crippen LogP contribution in [0, 0.1) is 5.92 Å². The second-order valence-electron chi connectivity index (χ2n) is 7.70. The van der Waals surface area contributed by atoms with Crippen LogP contribution in [0.25, 0.3) is 0 Å². The zero-order valence-corrected chi connectivity index (χ0v) is 13.5. The van der Waals surface area contributed by atoms with Crippen molar-refractivity contribution in [2.75, 3.05) is 19.6 Å². The minimum absolute atomic E-state index is 0.497. The smallest absolute Gasteiger partial charge is 0.0308 e. The maximum atomic E-state index is 3.91. The van der Waals surface area contributed by atoms with Crippen molar-refractivity contribution in [2.24, 2.45) is 5.92 Å². The molecule has 0 aromatic heterocycles. The highest BCUT2D eigenvalue weighted by molar-refractivity contribution is 4.98. The van der Waals surface area contributed by atoms with Gasteiger partial charge < -0.3 is 5.32 Å². The summed E-state index contributed by atoms with van der Waals surface area (Å²) in [6.07, 6.45) is 15.9. The van der Waals surface area contributed by atoms with E-state index in [9.17, 15) is 0 Å². The van der Waals surface area contributed by atoms with E-state index >= 15 is 0 Å². The van der Waals surface area contributed by atoms with Crippen LogP contribution in [-0.4, -0.2) is 36.1 Å². The number of nitrogens with one attached hydrogen (secondary N) is 1. The van der Waals surface area contributed by atoms with Crippen LogP contribution in [0.1, 0.15) is 77.6 Å². The molecule has 1 aliphatic heterocycles. The first-order valence-corrected chi connectivity index (χ1v) is 9.30. The van der Waals surface area contributed by atoms with E-state index in [0.717, 1.165) is 12.0 Å². The monoisotopic (exact) mass is 278 g/mol. The van der Waals surface area contributed by atoms with Gasteiger partial charge in [-0.1, -0.05) is 32.6 Å². The maximum Gasteiger partial charge on any atom is 0.0308 e. The molecular weight excluding hydrogens is 244 g/mol. The Bertz CT molecular complexity index is 288. The second kappa shape index (κ2) is 6.79. The van der Waals surface area contributed by atoms with Crippen LogP contribution in [0.4, 0.5) is 0 Å². The Labute approximate surface area is 125 Å². The van der Waals surface area contributed by atoms with Crippen LogP contribution in [0.2, 0.25) is 0 Å². The quantitative estimate of drug-likeness (QED) is 0.841. The molecule has 20 heavy (non-hydrogen) atoms. The van der Waals surface area contributed by atoms with E-state index in [0.29, 0.717) is 5.54 Å². The van der Waals surface area contributed by atoms with Gasteiger partial charge in [0.2, 0.25) is 0 Å². The normalized spacial score (nSPS) is 35.2. The molecule has 0 aromatic rings. The largest absolute Gasteiger partial charge is 0.310 e. The molecule has 0 atom stereocenters. The summed E-state index contributed by atoms with van der Waals surface area (Å²) < 4.78 is 0. The molecule has 0 radical (unpaired) electrons. The third kappa shape index (κ3) is 3.39. The van der Waals surface area contributed by atoms with Gasteiger partial charge in [-0.15, -0.1) is 0 Å². The van der Waals surface area contributed by atoms with E-state index in [2.05, 4.69) is 17.1 Å². The Kier molecular flexibility index (Phi) is 5.04. The van der Waals surface area contributed by atoms with Crippen LogP contribution < -0.4 is 5.32 Å². The first kappa shape index (κ1) is 14.8. The molecule has 0 bridgehead atoms. The van der Waals surface area contributed by atoms with Gasteiger partial charge in [0.1, 0.15) is 0 Å². The lowest BCUT2D eigenvalue weighted by atomic mass is 9.82. The minimum Gasteiger partial charge on any atom is -0.310 e. The molecule has 2 saturated carbocycles. The van der Waals surface area contributed by atoms with Gasteiger partial charge >= 0.3 is 0 Å². The number of hydrogen-bond donors (Lipinski definition) is 1. The van der Waals surface area contributed by atoms with E-state index in [4.69, 9.17) is 0 Å². The van der Waals surface area contributed by atoms with Crippen LogP contribution in [-0.2, 0) is 0 Å². The Hall–Kier alpha value is -0.0800. The molecule has 2 nitrogen and oxygen atoms in total. The van der Waals surface area contributed by atoms with E-state index < -0.39 is 0 Å². The summed E-state index contributed by atoms with van der Waals surface area (Å²) in [5.41, 5.74) is 0.497. The third-order valence-corrected chi connectivity index (χ3v) is 6.22.